The Hall–Kier alpha value is -3.89. The molecule has 1 aliphatic rings. The highest BCUT2D eigenvalue weighted by molar-refractivity contribution is 7.89. The van der Waals surface area contributed by atoms with Gasteiger partial charge in [0, 0.05) is 25.1 Å². The Morgan fingerprint density at radius 3 is 2.26 bits per heavy atom. The van der Waals surface area contributed by atoms with Crippen molar-refractivity contribution in [3.8, 4) is 16.9 Å². The monoisotopic (exact) mass is 551 g/mol. The van der Waals surface area contributed by atoms with Crippen LogP contribution in [0.4, 0.5) is 10.5 Å². The topological polar surface area (TPSA) is 114 Å². The molecular weight excluding hydrogens is 518 g/mol. The molecule has 0 saturated carbocycles. The molecule has 0 bridgehead atoms. The molecule has 1 atom stereocenters. The van der Waals surface area contributed by atoms with E-state index in [1.165, 1.54) is 23.5 Å². The molecule has 1 fully saturated rings. The Morgan fingerprint density at radius 2 is 1.56 bits per heavy atom. The summed E-state index contributed by atoms with van der Waals surface area (Å²) in [6.07, 6.45) is 2.78. The number of hydrogen-bond acceptors (Lipinski definition) is 6. The van der Waals surface area contributed by atoms with Gasteiger partial charge in [-0.15, -0.1) is 0 Å². The van der Waals surface area contributed by atoms with Crippen molar-refractivity contribution in [2.45, 2.75) is 36.6 Å². The SMILES string of the molecule is COC(=O)C(Cc1ccc(-c2ccccc2OC)cc1)NC(=O)Nc1ccccc1S(=O)(=O)N1CCCCC1. The van der Waals surface area contributed by atoms with Crippen molar-refractivity contribution >= 4 is 27.7 Å². The third-order valence-corrected chi connectivity index (χ3v) is 8.63. The van der Waals surface area contributed by atoms with E-state index in [2.05, 4.69) is 10.6 Å². The number of sulfonamides is 1. The minimum Gasteiger partial charge on any atom is -0.496 e. The minimum absolute atomic E-state index is 0.0172. The Bertz CT molecular complexity index is 1400. The molecule has 2 N–H and O–H groups in total. The van der Waals surface area contributed by atoms with Gasteiger partial charge in [-0.2, -0.15) is 4.31 Å². The van der Waals surface area contributed by atoms with Crippen LogP contribution in [0, 0.1) is 0 Å². The summed E-state index contributed by atoms with van der Waals surface area (Å²) in [5.41, 5.74) is 2.83. The van der Waals surface area contributed by atoms with Gasteiger partial charge in [-0.1, -0.05) is 61.0 Å². The highest BCUT2D eigenvalue weighted by Gasteiger charge is 2.29. The summed E-state index contributed by atoms with van der Waals surface area (Å²) in [6, 6.07) is 19.8. The summed E-state index contributed by atoms with van der Waals surface area (Å²) in [5.74, 6) is 0.131. The van der Waals surface area contributed by atoms with Crippen LogP contribution >= 0.6 is 0 Å². The fraction of sp³-hybridized carbons (Fsp3) is 0.310. The number of rotatable bonds is 9. The number of para-hydroxylation sites is 2. The van der Waals surface area contributed by atoms with Crippen molar-refractivity contribution < 1.29 is 27.5 Å². The second-order valence-electron chi connectivity index (χ2n) is 9.24. The fourth-order valence-corrected chi connectivity index (χ4v) is 6.30. The number of methoxy groups -OCH3 is 2. The van der Waals surface area contributed by atoms with Gasteiger partial charge in [-0.05, 0) is 42.2 Å². The molecule has 10 heteroatoms. The summed E-state index contributed by atoms with van der Waals surface area (Å²) in [7, 11) is -0.911. The van der Waals surface area contributed by atoms with Gasteiger partial charge in [0.05, 0.1) is 19.9 Å². The third kappa shape index (κ3) is 6.76. The molecule has 39 heavy (non-hydrogen) atoms. The highest BCUT2D eigenvalue weighted by atomic mass is 32.2. The quantitative estimate of drug-likeness (QED) is 0.380. The predicted molar refractivity (Wildman–Crippen MR) is 149 cm³/mol. The van der Waals surface area contributed by atoms with E-state index in [4.69, 9.17) is 9.47 Å². The summed E-state index contributed by atoms with van der Waals surface area (Å²) in [5, 5.41) is 5.25. The standard InChI is InChI=1S/C29H33N3O6S/c1-37-26-12-6-4-10-23(26)22-16-14-21(15-17-22)20-25(28(33)38-2)31-29(34)30-24-11-5-7-13-27(24)39(35,36)32-18-8-3-9-19-32/h4-7,10-17,25H,3,8-9,18-20H2,1-2H3,(H2,30,31,34). The second kappa shape index (κ2) is 12.8. The molecule has 2 amide bonds. The predicted octanol–water partition coefficient (Wildman–Crippen LogP) is 4.44. The Labute approximate surface area is 229 Å². The molecule has 0 aliphatic carbocycles. The number of anilines is 1. The maximum absolute atomic E-state index is 13.3. The molecule has 9 nitrogen and oxygen atoms in total. The summed E-state index contributed by atoms with van der Waals surface area (Å²) >= 11 is 0. The molecule has 0 radical (unpaired) electrons. The number of ether oxygens (including phenoxy) is 2. The number of hydrogen-bond donors (Lipinski definition) is 2. The van der Waals surface area contributed by atoms with Crippen LogP contribution in [0.3, 0.4) is 0 Å². The first-order valence-electron chi connectivity index (χ1n) is 12.8. The molecular formula is C29H33N3O6S. The average molecular weight is 552 g/mol. The van der Waals surface area contributed by atoms with E-state index < -0.39 is 28.1 Å². The van der Waals surface area contributed by atoms with Gasteiger partial charge in [0.25, 0.3) is 0 Å². The number of urea groups is 1. The molecule has 3 aromatic carbocycles. The molecule has 1 saturated heterocycles. The van der Waals surface area contributed by atoms with Crippen LogP contribution in [-0.4, -0.2) is 58.1 Å². The van der Waals surface area contributed by atoms with Crippen molar-refractivity contribution in [1.29, 1.82) is 0 Å². The zero-order valence-corrected chi connectivity index (χ0v) is 22.9. The Kier molecular flexibility index (Phi) is 9.21. The number of nitrogens with one attached hydrogen (secondary N) is 2. The van der Waals surface area contributed by atoms with Gasteiger partial charge in [0.1, 0.15) is 16.7 Å². The van der Waals surface area contributed by atoms with E-state index in [1.807, 2.05) is 48.5 Å². The number of carbonyl (C=O) groups excluding carboxylic acids is 2. The molecule has 1 heterocycles. The first-order valence-corrected chi connectivity index (χ1v) is 14.2. The number of carbonyl (C=O) groups is 2. The number of amides is 2. The van der Waals surface area contributed by atoms with Gasteiger partial charge < -0.3 is 20.1 Å². The minimum atomic E-state index is -3.78. The molecule has 4 rings (SSSR count). The van der Waals surface area contributed by atoms with Gasteiger partial charge in [0.15, 0.2) is 0 Å². The van der Waals surface area contributed by atoms with Gasteiger partial charge >= 0.3 is 12.0 Å². The van der Waals surface area contributed by atoms with Crippen molar-refractivity contribution in [1.82, 2.24) is 9.62 Å². The maximum atomic E-state index is 13.3. The number of esters is 1. The largest absolute Gasteiger partial charge is 0.496 e. The fourth-order valence-electron chi connectivity index (χ4n) is 4.63. The highest BCUT2D eigenvalue weighted by Crippen LogP contribution is 2.30. The van der Waals surface area contributed by atoms with Crippen LogP contribution in [0.5, 0.6) is 5.75 Å². The van der Waals surface area contributed by atoms with Gasteiger partial charge in [0.2, 0.25) is 10.0 Å². The van der Waals surface area contributed by atoms with Crippen molar-refractivity contribution in [3.05, 3.63) is 78.4 Å². The van der Waals surface area contributed by atoms with E-state index in [-0.39, 0.29) is 17.0 Å². The van der Waals surface area contributed by atoms with Crippen LogP contribution < -0.4 is 15.4 Å². The maximum Gasteiger partial charge on any atom is 0.328 e. The molecule has 0 spiro atoms. The van der Waals surface area contributed by atoms with E-state index in [9.17, 15) is 18.0 Å². The Morgan fingerprint density at radius 1 is 0.897 bits per heavy atom. The molecule has 3 aromatic rings. The lowest BCUT2D eigenvalue weighted by Crippen LogP contribution is -2.45. The zero-order valence-electron chi connectivity index (χ0n) is 22.1. The first kappa shape index (κ1) is 28.1. The van der Waals surface area contributed by atoms with E-state index in [0.717, 1.165) is 41.7 Å². The van der Waals surface area contributed by atoms with E-state index in [1.54, 1.807) is 19.2 Å². The van der Waals surface area contributed by atoms with Crippen LogP contribution in [-0.2, 0) is 26.0 Å². The van der Waals surface area contributed by atoms with Crippen LogP contribution in [0.25, 0.3) is 11.1 Å². The van der Waals surface area contributed by atoms with Gasteiger partial charge in [-0.3, -0.25) is 0 Å². The second-order valence-corrected chi connectivity index (χ2v) is 11.1. The lowest BCUT2D eigenvalue weighted by atomic mass is 10.00. The van der Waals surface area contributed by atoms with Crippen molar-refractivity contribution in [2.75, 3.05) is 32.6 Å². The lowest BCUT2D eigenvalue weighted by molar-refractivity contribution is -0.142. The Balaban J connectivity index is 1.48. The van der Waals surface area contributed by atoms with E-state index in [0.29, 0.717) is 13.1 Å². The number of nitrogens with zero attached hydrogens (tertiary/aromatic N) is 1. The summed E-state index contributed by atoms with van der Waals surface area (Å²) < 4.78 is 38.3. The van der Waals surface area contributed by atoms with Crippen molar-refractivity contribution in [2.24, 2.45) is 0 Å². The van der Waals surface area contributed by atoms with Crippen LogP contribution in [0.1, 0.15) is 24.8 Å². The van der Waals surface area contributed by atoms with Crippen LogP contribution in [0.15, 0.2) is 77.7 Å². The smallest absolute Gasteiger partial charge is 0.328 e. The first-order chi connectivity index (χ1) is 18.8. The lowest BCUT2D eigenvalue weighted by Gasteiger charge is -2.27. The average Bonchev–Trinajstić information content (AvgIpc) is 2.97. The molecule has 206 valence electrons. The zero-order chi connectivity index (χ0) is 27.8. The van der Waals surface area contributed by atoms with E-state index >= 15 is 0 Å². The van der Waals surface area contributed by atoms with Gasteiger partial charge in [-0.25, -0.2) is 18.0 Å². The number of benzene rings is 3. The normalized spacial score (nSPS) is 14.7. The molecule has 0 aromatic heterocycles. The number of piperidine rings is 1. The molecule has 1 aliphatic heterocycles. The van der Waals surface area contributed by atoms with Crippen LogP contribution in [0.2, 0.25) is 0 Å². The molecule has 1 unspecified atom stereocenters. The summed E-state index contributed by atoms with van der Waals surface area (Å²) in [4.78, 5) is 25.5. The van der Waals surface area contributed by atoms with Crippen molar-refractivity contribution in [3.63, 3.8) is 0 Å². The third-order valence-electron chi connectivity index (χ3n) is 6.67. The summed E-state index contributed by atoms with van der Waals surface area (Å²) in [6.45, 7) is 0.895.